The molecule has 1 aliphatic heterocycles. The lowest BCUT2D eigenvalue weighted by Crippen LogP contribution is -2.30. The van der Waals surface area contributed by atoms with E-state index in [1.165, 1.54) is 0 Å². The molecule has 0 aliphatic carbocycles. The molecule has 1 atom stereocenters. The summed E-state index contributed by atoms with van der Waals surface area (Å²) in [7, 11) is 0. The molecule has 0 saturated carbocycles. The minimum atomic E-state index is 0.0312. The highest BCUT2D eigenvalue weighted by Crippen LogP contribution is 2.33. The predicted octanol–water partition coefficient (Wildman–Crippen LogP) is 4.47. The molecule has 21 heavy (non-hydrogen) atoms. The van der Waals surface area contributed by atoms with Crippen molar-refractivity contribution >= 4 is 33.4 Å². The highest BCUT2D eigenvalue weighted by molar-refractivity contribution is 9.10. The number of hydrogen-bond donors (Lipinski definition) is 0. The second-order valence-electron chi connectivity index (χ2n) is 5.07. The fraction of sp³-hybridized carbons (Fsp3) is 0.250. The number of rotatable bonds is 2. The summed E-state index contributed by atoms with van der Waals surface area (Å²) in [6.07, 6.45) is 5.54. The summed E-state index contributed by atoms with van der Waals surface area (Å²) in [5.41, 5.74) is 1.77. The molecular weight excluding hydrogens is 352 g/mol. The van der Waals surface area contributed by atoms with E-state index < -0.39 is 0 Å². The minimum Gasteiger partial charge on any atom is -0.332 e. The summed E-state index contributed by atoms with van der Waals surface area (Å²) in [5.74, 6) is 0.0312. The van der Waals surface area contributed by atoms with Crippen LogP contribution in [0.5, 0.6) is 0 Å². The number of aromatic nitrogens is 1. The summed E-state index contributed by atoms with van der Waals surface area (Å²) >= 11 is 9.44. The Hall–Kier alpha value is -1.39. The van der Waals surface area contributed by atoms with E-state index in [9.17, 15) is 4.79 Å². The van der Waals surface area contributed by atoms with Crippen molar-refractivity contribution < 1.29 is 4.79 Å². The molecule has 2 aromatic rings. The molecule has 1 saturated heterocycles. The van der Waals surface area contributed by atoms with Crippen LogP contribution in [0.25, 0.3) is 0 Å². The van der Waals surface area contributed by atoms with Gasteiger partial charge in [0.25, 0.3) is 5.91 Å². The Kier molecular flexibility index (Phi) is 4.27. The van der Waals surface area contributed by atoms with E-state index in [1.807, 2.05) is 23.1 Å². The Morgan fingerprint density at radius 1 is 1.29 bits per heavy atom. The van der Waals surface area contributed by atoms with Crippen molar-refractivity contribution in [3.8, 4) is 0 Å². The normalized spacial score (nSPS) is 18.0. The predicted molar refractivity (Wildman–Crippen MR) is 86.4 cm³/mol. The molecule has 5 heteroatoms. The monoisotopic (exact) mass is 364 g/mol. The van der Waals surface area contributed by atoms with E-state index in [4.69, 9.17) is 11.6 Å². The summed E-state index contributed by atoms with van der Waals surface area (Å²) < 4.78 is 0.799. The van der Waals surface area contributed by atoms with Gasteiger partial charge in [0.05, 0.1) is 11.1 Å². The van der Waals surface area contributed by atoms with Crippen LogP contribution in [0.2, 0.25) is 5.02 Å². The molecule has 108 valence electrons. The number of pyridine rings is 1. The first-order valence-electron chi connectivity index (χ1n) is 6.83. The molecular formula is C16H14BrClN2O. The molecule has 1 unspecified atom stereocenters. The molecule has 3 rings (SSSR count). The number of carbonyl (C=O) groups excluding carboxylic acids is 1. The molecule has 2 heterocycles. The van der Waals surface area contributed by atoms with Crippen LogP contribution in [0, 0.1) is 0 Å². The molecule has 0 spiro atoms. The maximum atomic E-state index is 12.7. The van der Waals surface area contributed by atoms with Gasteiger partial charge in [-0.15, -0.1) is 0 Å². The SMILES string of the molecule is O=C(c1ccc(Br)c(Cl)c1)N1CCCC1c1ccncc1. The van der Waals surface area contributed by atoms with Gasteiger partial charge >= 0.3 is 0 Å². The molecule has 1 fully saturated rings. The second kappa shape index (κ2) is 6.16. The van der Waals surface area contributed by atoms with Gasteiger partial charge < -0.3 is 4.90 Å². The zero-order chi connectivity index (χ0) is 14.8. The fourth-order valence-corrected chi connectivity index (χ4v) is 3.16. The average Bonchev–Trinajstić information content (AvgIpc) is 2.99. The summed E-state index contributed by atoms with van der Waals surface area (Å²) in [4.78, 5) is 18.7. The third-order valence-electron chi connectivity index (χ3n) is 3.77. The van der Waals surface area contributed by atoms with Crippen molar-refractivity contribution in [1.82, 2.24) is 9.88 Å². The number of nitrogens with zero attached hydrogens (tertiary/aromatic N) is 2. The van der Waals surface area contributed by atoms with Gasteiger partial charge in [0, 0.05) is 29.0 Å². The van der Waals surface area contributed by atoms with E-state index in [-0.39, 0.29) is 11.9 Å². The van der Waals surface area contributed by atoms with Crippen LogP contribution < -0.4 is 0 Å². The van der Waals surface area contributed by atoms with E-state index in [2.05, 4.69) is 20.9 Å². The topological polar surface area (TPSA) is 33.2 Å². The Bertz CT molecular complexity index is 663. The first kappa shape index (κ1) is 14.5. The van der Waals surface area contributed by atoms with Crippen LogP contribution in [0.1, 0.15) is 34.8 Å². The van der Waals surface area contributed by atoms with Crippen LogP contribution in [-0.2, 0) is 0 Å². The summed E-state index contributed by atoms with van der Waals surface area (Å²) in [5, 5.41) is 0.556. The van der Waals surface area contributed by atoms with Crippen molar-refractivity contribution in [1.29, 1.82) is 0 Å². The van der Waals surface area contributed by atoms with Crippen LogP contribution in [-0.4, -0.2) is 22.3 Å². The zero-order valence-electron chi connectivity index (χ0n) is 11.3. The number of benzene rings is 1. The molecule has 1 aromatic carbocycles. The largest absolute Gasteiger partial charge is 0.332 e. The van der Waals surface area contributed by atoms with Crippen molar-refractivity contribution in [2.75, 3.05) is 6.54 Å². The third-order valence-corrected chi connectivity index (χ3v) is 5.00. The Balaban J connectivity index is 1.88. The molecule has 0 N–H and O–H groups in total. The fourth-order valence-electron chi connectivity index (χ4n) is 2.74. The number of amides is 1. The van der Waals surface area contributed by atoms with Crippen LogP contribution in [0.15, 0.2) is 47.2 Å². The van der Waals surface area contributed by atoms with Gasteiger partial charge in [0.2, 0.25) is 0 Å². The molecule has 0 bridgehead atoms. The number of hydrogen-bond acceptors (Lipinski definition) is 2. The Morgan fingerprint density at radius 3 is 2.76 bits per heavy atom. The van der Waals surface area contributed by atoms with Crippen molar-refractivity contribution in [2.45, 2.75) is 18.9 Å². The lowest BCUT2D eigenvalue weighted by molar-refractivity contribution is 0.0735. The average molecular weight is 366 g/mol. The summed E-state index contributed by atoms with van der Waals surface area (Å²) in [6.45, 7) is 0.777. The lowest BCUT2D eigenvalue weighted by atomic mass is 10.1. The smallest absolute Gasteiger partial charge is 0.254 e. The van der Waals surface area contributed by atoms with E-state index in [0.29, 0.717) is 10.6 Å². The molecule has 1 amide bonds. The molecule has 1 aliphatic rings. The van der Waals surface area contributed by atoms with E-state index in [0.717, 1.165) is 29.4 Å². The lowest BCUT2D eigenvalue weighted by Gasteiger charge is -2.25. The van der Waals surface area contributed by atoms with E-state index in [1.54, 1.807) is 24.5 Å². The third kappa shape index (κ3) is 2.97. The van der Waals surface area contributed by atoms with Gasteiger partial charge in [0.1, 0.15) is 0 Å². The number of likely N-dealkylation sites (tertiary alicyclic amines) is 1. The molecule has 1 aromatic heterocycles. The Labute approximate surface area is 137 Å². The van der Waals surface area contributed by atoms with Crippen molar-refractivity contribution in [2.24, 2.45) is 0 Å². The standard InChI is InChI=1S/C16H14BrClN2O/c17-13-4-3-12(10-14(13)18)16(21)20-9-1-2-15(20)11-5-7-19-8-6-11/h3-8,10,15H,1-2,9H2. The van der Waals surface area contributed by atoms with Crippen LogP contribution in [0.4, 0.5) is 0 Å². The van der Waals surface area contributed by atoms with Gasteiger partial charge in [-0.25, -0.2) is 0 Å². The van der Waals surface area contributed by atoms with E-state index >= 15 is 0 Å². The van der Waals surface area contributed by atoms with Crippen LogP contribution in [0.3, 0.4) is 0 Å². The first-order valence-corrected chi connectivity index (χ1v) is 8.00. The van der Waals surface area contributed by atoms with Gasteiger partial charge in [0.15, 0.2) is 0 Å². The maximum Gasteiger partial charge on any atom is 0.254 e. The quantitative estimate of drug-likeness (QED) is 0.786. The zero-order valence-corrected chi connectivity index (χ0v) is 13.6. The van der Waals surface area contributed by atoms with Gasteiger partial charge in [-0.1, -0.05) is 11.6 Å². The number of halogens is 2. The maximum absolute atomic E-state index is 12.7. The molecule has 0 radical (unpaired) electrons. The highest BCUT2D eigenvalue weighted by atomic mass is 79.9. The highest BCUT2D eigenvalue weighted by Gasteiger charge is 2.30. The first-order chi connectivity index (χ1) is 10.2. The van der Waals surface area contributed by atoms with Gasteiger partial charge in [-0.2, -0.15) is 0 Å². The van der Waals surface area contributed by atoms with Crippen LogP contribution >= 0.6 is 27.5 Å². The van der Waals surface area contributed by atoms with Gasteiger partial charge in [-0.3, -0.25) is 9.78 Å². The van der Waals surface area contributed by atoms with Gasteiger partial charge in [-0.05, 0) is 64.7 Å². The Morgan fingerprint density at radius 2 is 2.05 bits per heavy atom. The minimum absolute atomic E-state index is 0.0312. The summed E-state index contributed by atoms with van der Waals surface area (Å²) in [6, 6.07) is 9.42. The number of carbonyl (C=O) groups is 1. The van der Waals surface area contributed by atoms with Crippen molar-refractivity contribution in [3.63, 3.8) is 0 Å². The molecule has 3 nitrogen and oxygen atoms in total. The van der Waals surface area contributed by atoms with Crippen molar-refractivity contribution in [3.05, 3.63) is 63.3 Å². The second-order valence-corrected chi connectivity index (χ2v) is 6.33.